The number of hydrogen-bond donors (Lipinski definition) is 0. The zero-order valence-electron chi connectivity index (χ0n) is 12.5. The van der Waals surface area contributed by atoms with Gasteiger partial charge in [0.15, 0.2) is 9.84 Å². The normalized spacial score (nSPS) is 15.5. The van der Waals surface area contributed by atoms with Gasteiger partial charge in [0.25, 0.3) is 5.91 Å². The molecule has 1 fully saturated rings. The molecule has 0 aliphatic carbocycles. The lowest BCUT2D eigenvalue weighted by atomic mass is 10.2. The molecule has 0 N–H and O–H groups in total. The van der Waals surface area contributed by atoms with Crippen LogP contribution in [0.2, 0.25) is 0 Å². The van der Waals surface area contributed by atoms with Crippen LogP contribution in [0, 0.1) is 0 Å². The second kappa shape index (κ2) is 6.45. The molecule has 0 aromatic heterocycles. The van der Waals surface area contributed by atoms with E-state index in [4.69, 9.17) is 4.74 Å². The van der Waals surface area contributed by atoms with Gasteiger partial charge in [-0.05, 0) is 24.3 Å². The minimum atomic E-state index is -3.29. The maximum Gasteiger partial charge on any atom is 0.255 e. The summed E-state index contributed by atoms with van der Waals surface area (Å²) >= 11 is 0. The molecular weight excluding hydrogens is 308 g/mol. The summed E-state index contributed by atoms with van der Waals surface area (Å²) in [4.78, 5) is 27.3. The lowest BCUT2D eigenvalue weighted by Crippen LogP contribution is -2.32. The molecule has 0 bridgehead atoms. The standard InChI is InChI=1S/C14H18N2O5S/c1-21-8-7-15-10-16(9-13(15)17)14(18)11-3-5-12(6-4-11)22(2,19)20/h3-6H,7-10H2,1-2H3. The van der Waals surface area contributed by atoms with E-state index < -0.39 is 9.84 Å². The second-order valence-corrected chi connectivity index (χ2v) is 7.11. The third-order valence-corrected chi connectivity index (χ3v) is 4.53. The Hall–Kier alpha value is -1.93. The topological polar surface area (TPSA) is 84.0 Å². The van der Waals surface area contributed by atoms with Crippen molar-refractivity contribution in [3.63, 3.8) is 0 Å². The number of nitrogens with zero attached hydrogens (tertiary/aromatic N) is 2. The molecule has 0 spiro atoms. The van der Waals surface area contributed by atoms with Crippen molar-refractivity contribution >= 4 is 21.7 Å². The van der Waals surface area contributed by atoms with Crippen LogP contribution in [0.25, 0.3) is 0 Å². The Morgan fingerprint density at radius 1 is 1.27 bits per heavy atom. The van der Waals surface area contributed by atoms with Gasteiger partial charge in [0.1, 0.15) is 6.54 Å². The first kappa shape index (κ1) is 16.4. The number of rotatable bonds is 5. The summed E-state index contributed by atoms with van der Waals surface area (Å²) in [6.45, 7) is 1.09. The zero-order chi connectivity index (χ0) is 16.3. The van der Waals surface area contributed by atoms with Crippen LogP contribution in [0.5, 0.6) is 0 Å². The van der Waals surface area contributed by atoms with Crippen LogP contribution in [-0.4, -0.2) is 69.8 Å². The maximum atomic E-state index is 12.3. The van der Waals surface area contributed by atoms with Crippen LogP contribution in [0.3, 0.4) is 0 Å². The molecule has 1 aliphatic rings. The third-order valence-electron chi connectivity index (χ3n) is 3.40. The van der Waals surface area contributed by atoms with Gasteiger partial charge in [-0.3, -0.25) is 9.59 Å². The summed E-state index contributed by atoms with van der Waals surface area (Å²) in [7, 11) is -1.74. The average molecular weight is 326 g/mol. The van der Waals surface area contributed by atoms with Crippen molar-refractivity contribution in [3.8, 4) is 0 Å². The molecule has 22 heavy (non-hydrogen) atoms. The van der Waals surface area contributed by atoms with Crippen molar-refractivity contribution in [2.45, 2.75) is 4.90 Å². The Morgan fingerprint density at radius 3 is 2.45 bits per heavy atom. The summed E-state index contributed by atoms with van der Waals surface area (Å²) in [6, 6.07) is 5.70. The fourth-order valence-corrected chi connectivity index (χ4v) is 2.79. The Balaban J connectivity index is 2.08. The molecule has 1 heterocycles. The van der Waals surface area contributed by atoms with Gasteiger partial charge >= 0.3 is 0 Å². The zero-order valence-corrected chi connectivity index (χ0v) is 13.3. The van der Waals surface area contributed by atoms with E-state index >= 15 is 0 Å². The fraction of sp³-hybridized carbons (Fsp3) is 0.429. The quantitative estimate of drug-likeness (QED) is 0.759. The Kier molecular flexibility index (Phi) is 4.82. The molecular formula is C14H18N2O5S. The highest BCUT2D eigenvalue weighted by Crippen LogP contribution is 2.15. The number of ether oxygens (including phenoxy) is 1. The fourth-order valence-electron chi connectivity index (χ4n) is 2.16. The van der Waals surface area contributed by atoms with Gasteiger partial charge in [0.05, 0.1) is 18.2 Å². The molecule has 0 radical (unpaired) electrons. The van der Waals surface area contributed by atoms with Gasteiger partial charge in [-0.2, -0.15) is 0 Å². The van der Waals surface area contributed by atoms with Crippen LogP contribution in [-0.2, 0) is 19.4 Å². The summed E-state index contributed by atoms with van der Waals surface area (Å²) in [5.41, 5.74) is 0.355. The Bertz CT molecular complexity index is 669. The first-order valence-corrected chi connectivity index (χ1v) is 8.58. The molecule has 120 valence electrons. The van der Waals surface area contributed by atoms with E-state index in [0.717, 1.165) is 6.26 Å². The van der Waals surface area contributed by atoms with Gasteiger partial charge in [0, 0.05) is 25.5 Å². The minimum absolute atomic E-state index is 0.0242. The van der Waals surface area contributed by atoms with E-state index in [1.54, 1.807) is 12.0 Å². The smallest absolute Gasteiger partial charge is 0.255 e. The molecule has 0 atom stereocenters. The summed E-state index contributed by atoms with van der Waals surface area (Å²) < 4.78 is 27.7. The van der Waals surface area contributed by atoms with E-state index in [1.165, 1.54) is 29.2 Å². The predicted molar refractivity (Wildman–Crippen MR) is 79.0 cm³/mol. The number of carbonyl (C=O) groups is 2. The van der Waals surface area contributed by atoms with Crippen molar-refractivity contribution in [3.05, 3.63) is 29.8 Å². The number of hydrogen-bond acceptors (Lipinski definition) is 5. The van der Waals surface area contributed by atoms with Gasteiger partial charge in [0.2, 0.25) is 5.91 Å². The molecule has 1 aliphatic heterocycles. The summed E-state index contributed by atoms with van der Waals surface area (Å²) in [6.07, 6.45) is 1.11. The molecule has 7 nitrogen and oxygen atoms in total. The monoisotopic (exact) mass is 326 g/mol. The van der Waals surface area contributed by atoms with Crippen molar-refractivity contribution in [2.75, 3.05) is 39.7 Å². The minimum Gasteiger partial charge on any atom is -0.383 e. The molecule has 2 amide bonds. The van der Waals surface area contributed by atoms with Crippen molar-refractivity contribution in [2.24, 2.45) is 0 Å². The highest BCUT2D eigenvalue weighted by Gasteiger charge is 2.30. The predicted octanol–water partition coefficient (Wildman–Crippen LogP) is -0.0216. The van der Waals surface area contributed by atoms with Gasteiger partial charge in [-0.15, -0.1) is 0 Å². The average Bonchev–Trinajstić information content (AvgIpc) is 2.84. The number of amides is 2. The van der Waals surface area contributed by atoms with Crippen LogP contribution >= 0.6 is 0 Å². The van der Waals surface area contributed by atoms with Crippen LogP contribution in [0.1, 0.15) is 10.4 Å². The Morgan fingerprint density at radius 2 is 1.91 bits per heavy atom. The van der Waals surface area contributed by atoms with E-state index in [2.05, 4.69) is 0 Å². The summed E-state index contributed by atoms with van der Waals surface area (Å²) in [5.74, 6) is -0.425. The second-order valence-electron chi connectivity index (χ2n) is 5.09. The largest absolute Gasteiger partial charge is 0.383 e. The molecule has 0 saturated carbocycles. The maximum absolute atomic E-state index is 12.3. The first-order valence-electron chi connectivity index (χ1n) is 6.69. The third kappa shape index (κ3) is 3.63. The van der Waals surface area contributed by atoms with Crippen molar-refractivity contribution < 1.29 is 22.7 Å². The molecule has 0 unspecified atom stereocenters. The molecule has 1 saturated heterocycles. The van der Waals surface area contributed by atoms with Gasteiger partial charge in [-0.1, -0.05) is 0 Å². The molecule has 2 rings (SSSR count). The SMILES string of the molecule is COCCN1CN(C(=O)c2ccc(S(C)(=O)=O)cc2)CC1=O. The summed E-state index contributed by atoms with van der Waals surface area (Å²) in [5, 5.41) is 0. The van der Waals surface area contributed by atoms with Gasteiger partial charge < -0.3 is 14.5 Å². The molecule has 8 heteroatoms. The number of sulfone groups is 1. The van der Waals surface area contributed by atoms with E-state index in [-0.39, 0.29) is 29.9 Å². The van der Waals surface area contributed by atoms with Crippen LogP contribution in [0.4, 0.5) is 0 Å². The van der Waals surface area contributed by atoms with Crippen LogP contribution < -0.4 is 0 Å². The van der Waals surface area contributed by atoms with Crippen LogP contribution in [0.15, 0.2) is 29.2 Å². The lowest BCUT2D eigenvalue weighted by molar-refractivity contribution is -0.127. The van der Waals surface area contributed by atoms with Crippen molar-refractivity contribution in [1.82, 2.24) is 9.80 Å². The first-order chi connectivity index (χ1) is 10.3. The Labute approximate surface area is 129 Å². The highest BCUT2D eigenvalue weighted by molar-refractivity contribution is 7.90. The number of benzene rings is 1. The van der Waals surface area contributed by atoms with E-state index in [1.807, 2.05) is 0 Å². The lowest BCUT2D eigenvalue weighted by Gasteiger charge is -2.17. The van der Waals surface area contributed by atoms with Gasteiger partial charge in [-0.25, -0.2) is 8.42 Å². The van der Waals surface area contributed by atoms with Crippen molar-refractivity contribution in [1.29, 1.82) is 0 Å². The molecule has 1 aromatic rings. The molecule has 1 aromatic carbocycles. The van der Waals surface area contributed by atoms with E-state index in [9.17, 15) is 18.0 Å². The van der Waals surface area contributed by atoms with E-state index in [0.29, 0.717) is 18.7 Å². The number of methoxy groups -OCH3 is 1. The highest BCUT2D eigenvalue weighted by atomic mass is 32.2. The number of carbonyl (C=O) groups excluding carboxylic acids is 2.